The van der Waals surface area contributed by atoms with Gasteiger partial charge in [-0.05, 0) is 18.9 Å². The van der Waals surface area contributed by atoms with E-state index in [4.69, 9.17) is 15.9 Å². The number of benzene rings is 1. The fourth-order valence-corrected chi connectivity index (χ4v) is 3.95. The summed E-state index contributed by atoms with van der Waals surface area (Å²) in [6, 6.07) is 5.18. The lowest BCUT2D eigenvalue weighted by atomic mass is 9.99. The van der Waals surface area contributed by atoms with E-state index >= 15 is 4.39 Å². The molecule has 2 fully saturated rings. The molecule has 0 aliphatic carbocycles. The number of nitrogens with zero attached hydrogens (tertiary/aromatic N) is 4. The molecule has 2 amide bonds. The Hall–Kier alpha value is -3.39. The first-order valence-electron chi connectivity index (χ1n) is 10.0. The van der Waals surface area contributed by atoms with Crippen molar-refractivity contribution in [2.24, 2.45) is 5.73 Å². The minimum atomic E-state index is -0.958. The van der Waals surface area contributed by atoms with Crippen LogP contribution in [0.5, 0.6) is 0 Å². The highest BCUT2D eigenvalue weighted by Gasteiger charge is 2.31. The topological polar surface area (TPSA) is 139 Å². The molecular weight excluding hydrogens is 405 g/mol. The number of anilines is 1. The summed E-state index contributed by atoms with van der Waals surface area (Å²) in [7, 11) is 1.80. The SMILES string of the molecule is CN1CCN(C2CCN(c3c(C#N)ccc(COC(=O)NC(=N)N)c3F)CC2)CC1=O. The number of likely N-dealkylation sites (N-methyl/N-ethyl adjacent to an activating group) is 1. The standard InChI is InChI=1S/C20H26FN7O3/c1-26-8-9-28(11-16(26)29)15-4-6-27(7-5-15)18-13(10-22)2-3-14(17(18)21)12-31-20(30)25-19(23)24/h2-3,15H,4-9,11-12H2,1H3,(H4,23,24,25,30). The third-order valence-corrected chi connectivity index (χ3v) is 5.70. The Morgan fingerprint density at radius 3 is 2.68 bits per heavy atom. The van der Waals surface area contributed by atoms with E-state index in [1.54, 1.807) is 11.9 Å². The molecule has 1 aromatic rings. The van der Waals surface area contributed by atoms with Crippen molar-refractivity contribution in [2.45, 2.75) is 25.5 Å². The largest absolute Gasteiger partial charge is 0.444 e. The highest BCUT2D eigenvalue weighted by molar-refractivity contribution is 5.90. The van der Waals surface area contributed by atoms with Gasteiger partial charge in [0.15, 0.2) is 11.8 Å². The van der Waals surface area contributed by atoms with Crippen LogP contribution in [0.2, 0.25) is 0 Å². The first-order chi connectivity index (χ1) is 14.8. The number of hydrogen-bond acceptors (Lipinski definition) is 7. The summed E-state index contributed by atoms with van der Waals surface area (Å²) < 4.78 is 20.1. The number of halogens is 1. The van der Waals surface area contributed by atoms with Crippen LogP contribution in [0.3, 0.4) is 0 Å². The van der Waals surface area contributed by atoms with Crippen molar-refractivity contribution in [3.63, 3.8) is 0 Å². The minimum Gasteiger partial charge on any atom is -0.444 e. The van der Waals surface area contributed by atoms with Gasteiger partial charge >= 0.3 is 6.09 Å². The molecule has 3 rings (SSSR count). The lowest BCUT2D eigenvalue weighted by Gasteiger charge is -2.42. The van der Waals surface area contributed by atoms with E-state index in [9.17, 15) is 14.9 Å². The van der Waals surface area contributed by atoms with Gasteiger partial charge in [0.2, 0.25) is 5.91 Å². The van der Waals surface area contributed by atoms with Crippen LogP contribution in [0.1, 0.15) is 24.0 Å². The number of rotatable bonds is 4. The predicted molar refractivity (Wildman–Crippen MR) is 111 cm³/mol. The molecule has 0 unspecified atom stereocenters. The van der Waals surface area contributed by atoms with E-state index < -0.39 is 17.9 Å². The number of nitriles is 1. The maximum Gasteiger partial charge on any atom is 0.414 e. The number of hydrogen-bond donors (Lipinski definition) is 3. The maximum atomic E-state index is 15.2. The van der Waals surface area contributed by atoms with Crippen molar-refractivity contribution in [1.29, 1.82) is 10.7 Å². The number of nitrogens with one attached hydrogen (secondary N) is 2. The molecule has 0 bridgehead atoms. The zero-order valence-corrected chi connectivity index (χ0v) is 17.4. The van der Waals surface area contributed by atoms with Gasteiger partial charge in [0, 0.05) is 44.8 Å². The second kappa shape index (κ2) is 9.61. The average Bonchev–Trinajstić information content (AvgIpc) is 2.74. The quantitative estimate of drug-likeness (QED) is 0.468. The third-order valence-electron chi connectivity index (χ3n) is 5.70. The molecule has 0 radical (unpaired) electrons. The number of piperidine rings is 1. The van der Waals surface area contributed by atoms with Crippen molar-refractivity contribution >= 4 is 23.6 Å². The molecule has 31 heavy (non-hydrogen) atoms. The summed E-state index contributed by atoms with van der Waals surface area (Å²) >= 11 is 0. The van der Waals surface area contributed by atoms with Crippen molar-refractivity contribution in [3.8, 4) is 6.07 Å². The highest BCUT2D eigenvalue weighted by Crippen LogP contribution is 2.31. The Kier molecular flexibility index (Phi) is 6.91. The van der Waals surface area contributed by atoms with Crippen LogP contribution >= 0.6 is 0 Å². The van der Waals surface area contributed by atoms with E-state index in [-0.39, 0.29) is 35.4 Å². The van der Waals surface area contributed by atoms with Gasteiger partial charge in [0.1, 0.15) is 12.7 Å². The number of guanidine groups is 1. The van der Waals surface area contributed by atoms with Crippen LogP contribution in [-0.4, -0.2) is 73.6 Å². The molecule has 2 saturated heterocycles. The molecule has 4 N–H and O–H groups in total. The predicted octanol–water partition coefficient (Wildman–Crippen LogP) is 0.560. The summed E-state index contributed by atoms with van der Waals surface area (Å²) in [5.74, 6) is -1.08. The van der Waals surface area contributed by atoms with E-state index in [0.29, 0.717) is 26.2 Å². The van der Waals surface area contributed by atoms with Crippen molar-refractivity contribution in [3.05, 3.63) is 29.1 Å². The second-order valence-corrected chi connectivity index (χ2v) is 7.67. The number of alkyl carbamates (subject to hydrolysis) is 1. The van der Waals surface area contributed by atoms with Gasteiger partial charge < -0.3 is 20.3 Å². The molecule has 11 heteroatoms. The molecule has 2 aliphatic heterocycles. The van der Waals surface area contributed by atoms with Gasteiger partial charge in [0.25, 0.3) is 0 Å². The first kappa shape index (κ1) is 22.3. The number of carbonyl (C=O) groups excluding carboxylic acids is 2. The summed E-state index contributed by atoms with van der Waals surface area (Å²) in [5.41, 5.74) is 5.59. The van der Waals surface area contributed by atoms with Crippen molar-refractivity contribution < 1.29 is 18.7 Å². The van der Waals surface area contributed by atoms with Crippen LogP contribution in [0, 0.1) is 22.6 Å². The Bertz CT molecular complexity index is 909. The molecule has 0 spiro atoms. The first-order valence-corrected chi connectivity index (χ1v) is 10.0. The molecule has 2 aliphatic rings. The monoisotopic (exact) mass is 431 g/mol. The van der Waals surface area contributed by atoms with Crippen molar-refractivity contribution in [2.75, 3.05) is 44.7 Å². The summed E-state index contributed by atoms with van der Waals surface area (Å²) in [6.45, 7) is 2.65. The zero-order chi connectivity index (χ0) is 22.5. The lowest BCUT2D eigenvalue weighted by Crippen LogP contribution is -2.54. The van der Waals surface area contributed by atoms with Gasteiger partial charge in [-0.1, -0.05) is 6.07 Å². The van der Waals surface area contributed by atoms with Gasteiger partial charge in [-0.3, -0.25) is 20.4 Å². The maximum absolute atomic E-state index is 15.2. The zero-order valence-electron chi connectivity index (χ0n) is 17.4. The van der Waals surface area contributed by atoms with E-state index in [1.165, 1.54) is 12.1 Å². The molecule has 0 aromatic heterocycles. The lowest BCUT2D eigenvalue weighted by molar-refractivity contribution is -0.135. The summed E-state index contributed by atoms with van der Waals surface area (Å²) in [6.07, 6.45) is 0.548. The number of carbonyl (C=O) groups is 2. The highest BCUT2D eigenvalue weighted by atomic mass is 19.1. The third kappa shape index (κ3) is 5.21. The molecule has 0 atom stereocenters. The van der Waals surface area contributed by atoms with Gasteiger partial charge in [-0.15, -0.1) is 0 Å². The molecule has 10 nitrogen and oxygen atoms in total. The normalized spacial score (nSPS) is 17.9. The second-order valence-electron chi connectivity index (χ2n) is 7.67. The van der Waals surface area contributed by atoms with Crippen LogP contribution in [0.4, 0.5) is 14.9 Å². The number of ether oxygens (including phenoxy) is 1. The Morgan fingerprint density at radius 2 is 2.06 bits per heavy atom. The molecule has 1 aromatic carbocycles. The van der Waals surface area contributed by atoms with Crippen LogP contribution in [0.25, 0.3) is 0 Å². The molecular formula is C20H26FN7O3. The minimum absolute atomic E-state index is 0.105. The van der Waals surface area contributed by atoms with Crippen molar-refractivity contribution in [1.82, 2.24) is 15.1 Å². The molecule has 2 heterocycles. The van der Waals surface area contributed by atoms with Crippen LogP contribution in [0.15, 0.2) is 12.1 Å². The van der Waals surface area contributed by atoms with E-state index in [1.807, 2.05) is 16.3 Å². The summed E-state index contributed by atoms with van der Waals surface area (Å²) in [5, 5.41) is 18.4. The Morgan fingerprint density at radius 1 is 1.35 bits per heavy atom. The Labute approximate surface area is 179 Å². The van der Waals surface area contributed by atoms with Crippen LogP contribution in [-0.2, 0) is 16.1 Å². The fraction of sp³-hybridized carbons (Fsp3) is 0.500. The Balaban J connectivity index is 1.68. The van der Waals surface area contributed by atoms with Gasteiger partial charge in [-0.25, -0.2) is 9.18 Å². The fourth-order valence-electron chi connectivity index (χ4n) is 3.95. The van der Waals surface area contributed by atoms with E-state index in [0.717, 1.165) is 19.4 Å². The summed E-state index contributed by atoms with van der Waals surface area (Å²) in [4.78, 5) is 29.2. The smallest absolute Gasteiger partial charge is 0.414 e. The van der Waals surface area contributed by atoms with E-state index in [2.05, 4.69) is 4.90 Å². The number of piperazine rings is 1. The van der Waals surface area contributed by atoms with Gasteiger partial charge in [0.05, 0.1) is 17.8 Å². The van der Waals surface area contributed by atoms with Crippen LogP contribution < -0.4 is 16.0 Å². The molecule has 166 valence electrons. The van der Waals surface area contributed by atoms with Gasteiger partial charge in [-0.2, -0.15) is 5.26 Å². The molecule has 0 saturated carbocycles. The number of amides is 2. The number of nitrogens with two attached hydrogens (primary N) is 1. The average molecular weight is 431 g/mol.